The van der Waals surface area contributed by atoms with Crippen molar-refractivity contribution in [3.8, 4) is 0 Å². The van der Waals surface area contributed by atoms with E-state index >= 15 is 0 Å². The van der Waals surface area contributed by atoms with Gasteiger partial charge in [0.25, 0.3) is 0 Å². The predicted molar refractivity (Wildman–Crippen MR) is 77.8 cm³/mol. The summed E-state index contributed by atoms with van der Waals surface area (Å²) in [5.74, 6) is 0.0908. The molecular formula is C14H22N2O3S. The van der Waals surface area contributed by atoms with Crippen molar-refractivity contribution in [3.05, 3.63) is 30.1 Å². The number of hydrogen-bond acceptors (Lipinski definition) is 4. The summed E-state index contributed by atoms with van der Waals surface area (Å²) in [6.07, 6.45) is 7.48. The quantitative estimate of drug-likeness (QED) is 0.886. The average Bonchev–Trinajstić information content (AvgIpc) is 2.72. The average molecular weight is 298 g/mol. The maximum atomic E-state index is 12.5. The van der Waals surface area contributed by atoms with Crippen LogP contribution in [0.1, 0.15) is 31.2 Å². The van der Waals surface area contributed by atoms with Gasteiger partial charge in [-0.15, -0.1) is 0 Å². The molecule has 20 heavy (non-hydrogen) atoms. The van der Waals surface area contributed by atoms with Gasteiger partial charge in [0.1, 0.15) is 0 Å². The Kier molecular flexibility index (Phi) is 5.51. The Morgan fingerprint density at radius 2 is 2.00 bits per heavy atom. The molecule has 0 aromatic carbocycles. The lowest BCUT2D eigenvalue weighted by Gasteiger charge is -2.27. The molecule has 1 saturated heterocycles. The van der Waals surface area contributed by atoms with Crippen molar-refractivity contribution in [3.63, 3.8) is 0 Å². The molecule has 1 aliphatic heterocycles. The van der Waals surface area contributed by atoms with E-state index in [2.05, 4.69) is 4.98 Å². The highest BCUT2D eigenvalue weighted by Gasteiger charge is 2.30. The highest BCUT2D eigenvalue weighted by atomic mass is 32.2. The highest BCUT2D eigenvalue weighted by Crippen LogP contribution is 2.20. The van der Waals surface area contributed by atoms with E-state index in [-0.39, 0.29) is 18.4 Å². The van der Waals surface area contributed by atoms with Gasteiger partial charge in [0.2, 0.25) is 10.0 Å². The fourth-order valence-corrected chi connectivity index (χ4v) is 4.37. The maximum absolute atomic E-state index is 12.5. The van der Waals surface area contributed by atoms with Crippen LogP contribution in [0.4, 0.5) is 0 Å². The smallest absolute Gasteiger partial charge is 0.214 e. The molecule has 1 N–H and O–H groups in total. The van der Waals surface area contributed by atoms with Gasteiger partial charge in [-0.05, 0) is 37.0 Å². The Bertz CT molecular complexity index is 504. The number of sulfonamides is 1. The molecular weight excluding hydrogens is 276 g/mol. The first kappa shape index (κ1) is 15.4. The minimum Gasteiger partial charge on any atom is -0.395 e. The number of pyridine rings is 1. The van der Waals surface area contributed by atoms with Gasteiger partial charge in [0.15, 0.2) is 0 Å². The van der Waals surface area contributed by atoms with Gasteiger partial charge in [-0.3, -0.25) is 4.98 Å². The summed E-state index contributed by atoms with van der Waals surface area (Å²) >= 11 is 0. The van der Waals surface area contributed by atoms with Crippen molar-refractivity contribution in [2.24, 2.45) is 0 Å². The number of rotatable bonds is 5. The molecule has 1 unspecified atom stereocenters. The van der Waals surface area contributed by atoms with E-state index in [1.165, 1.54) is 4.31 Å². The first-order valence-electron chi connectivity index (χ1n) is 7.13. The third-order valence-electron chi connectivity index (χ3n) is 3.79. The molecule has 6 heteroatoms. The molecule has 0 spiro atoms. The molecule has 1 aromatic rings. The zero-order valence-corrected chi connectivity index (χ0v) is 12.4. The van der Waals surface area contributed by atoms with E-state index in [1.807, 2.05) is 12.1 Å². The normalized spacial score (nSPS) is 21.6. The third kappa shape index (κ3) is 4.01. The van der Waals surface area contributed by atoms with Crippen LogP contribution in [0.3, 0.4) is 0 Å². The topological polar surface area (TPSA) is 70.5 Å². The van der Waals surface area contributed by atoms with Gasteiger partial charge in [0, 0.05) is 25.0 Å². The minimum atomic E-state index is -3.31. The monoisotopic (exact) mass is 298 g/mol. The van der Waals surface area contributed by atoms with Crippen molar-refractivity contribution >= 4 is 10.0 Å². The lowest BCUT2D eigenvalue weighted by molar-refractivity contribution is 0.186. The molecule has 1 atom stereocenters. The molecule has 0 aliphatic carbocycles. The summed E-state index contributed by atoms with van der Waals surface area (Å²) in [7, 11) is -3.31. The molecule has 1 fully saturated rings. The van der Waals surface area contributed by atoms with Crippen molar-refractivity contribution in [2.45, 2.75) is 38.1 Å². The molecule has 5 nitrogen and oxygen atoms in total. The van der Waals surface area contributed by atoms with Crippen LogP contribution in [0.2, 0.25) is 0 Å². The third-order valence-corrected chi connectivity index (χ3v) is 5.70. The summed E-state index contributed by atoms with van der Waals surface area (Å²) < 4.78 is 26.5. The Morgan fingerprint density at radius 3 is 2.70 bits per heavy atom. The summed E-state index contributed by atoms with van der Waals surface area (Å²) in [5.41, 5.74) is 0.971. The van der Waals surface area contributed by atoms with E-state index in [9.17, 15) is 13.5 Å². The molecule has 2 rings (SSSR count). The molecule has 2 heterocycles. The molecule has 0 amide bonds. The van der Waals surface area contributed by atoms with Crippen molar-refractivity contribution < 1.29 is 13.5 Å². The number of aliphatic hydroxyl groups is 1. The molecule has 0 radical (unpaired) electrons. The second kappa shape index (κ2) is 7.15. The van der Waals surface area contributed by atoms with E-state index in [0.717, 1.165) is 31.2 Å². The minimum absolute atomic E-state index is 0.0888. The first-order valence-corrected chi connectivity index (χ1v) is 8.73. The van der Waals surface area contributed by atoms with E-state index in [4.69, 9.17) is 0 Å². The van der Waals surface area contributed by atoms with Gasteiger partial charge in [0.05, 0.1) is 12.4 Å². The largest absolute Gasteiger partial charge is 0.395 e. The number of aliphatic hydroxyl groups excluding tert-OH is 1. The second-order valence-corrected chi connectivity index (χ2v) is 7.26. The lowest BCUT2D eigenvalue weighted by Crippen LogP contribution is -2.43. The van der Waals surface area contributed by atoms with Crippen LogP contribution >= 0.6 is 0 Å². The molecule has 1 aromatic heterocycles. The number of nitrogens with zero attached hydrogens (tertiary/aromatic N) is 2. The van der Waals surface area contributed by atoms with Crippen LogP contribution in [0.5, 0.6) is 0 Å². The Hall–Kier alpha value is -0.980. The van der Waals surface area contributed by atoms with Crippen LogP contribution in [0.15, 0.2) is 24.5 Å². The van der Waals surface area contributed by atoms with E-state index in [0.29, 0.717) is 13.0 Å². The summed E-state index contributed by atoms with van der Waals surface area (Å²) in [4.78, 5) is 3.92. The Morgan fingerprint density at radius 1 is 1.25 bits per heavy atom. The van der Waals surface area contributed by atoms with Gasteiger partial charge in [-0.25, -0.2) is 8.42 Å². The lowest BCUT2D eigenvalue weighted by atomic mass is 10.1. The summed E-state index contributed by atoms with van der Waals surface area (Å²) in [6.45, 7) is 0.443. The zero-order valence-electron chi connectivity index (χ0n) is 11.6. The number of hydrogen-bond donors (Lipinski definition) is 1. The van der Waals surface area contributed by atoms with Crippen molar-refractivity contribution in [1.82, 2.24) is 9.29 Å². The predicted octanol–water partition coefficient (Wildman–Crippen LogP) is 1.19. The van der Waals surface area contributed by atoms with E-state index < -0.39 is 10.0 Å². The van der Waals surface area contributed by atoms with Crippen molar-refractivity contribution in [2.75, 3.05) is 18.9 Å². The summed E-state index contributed by atoms with van der Waals surface area (Å²) in [5, 5.41) is 9.42. The Labute approximate surface area is 120 Å². The molecule has 1 aliphatic rings. The van der Waals surface area contributed by atoms with Crippen LogP contribution in [0.25, 0.3) is 0 Å². The Balaban J connectivity index is 2.04. The number of aryl methyl sites for hydroxylation is 1. The van der Waals surface area contributed by atoms with Crippen LogP contribution in [0, 0.1) is 0 Å². The van der Waals surface area contributed by atoms with Gasteiger partial charge in [-0.2, -0.15) is 4.31 Å². The van der Waals surface area contributed by atoms with Gasteiger partial charge < -0.3 is 5.11 Å². The SMILES string of the molecule is O=S(=O)(CCc1ccncc1)N1CCCCCC1CO. The standard InChI is InChI=1S/C14H22N2O3S/c17-12-14-4-2-1-3-10-16(14)20(18,19)11-7-13-5-8-15-9-6-13/h5-6,8-9,14,17H,1-4,7,10-12H2. The fourth-order valence-electron chi connectivity index (χ4n) is 2.61. The number of aromatic nitrogens is 1. The first-order chi connectivity index (χ1) is 9.63. The van der Waals surface area contributed by atoms with E-state index in [1.54, 1.807) is 12.4 Å². The van der Waals surface area contributed by atoms with Crippen LogP contribution in [-0.2, 0) is 16.4 Å². The van der Waals surface area contributed by atoms with Gasteiger partial charge >= 0.3 is 0 Å². The summed E-state index contributed by atoms with van der Waals surface area (Å²) in [6, 6.07) is 3.42. The zero-order chi connectivity index (χ0) is 14.4. The highest BCUT2D eigenvalue weighted by molar-refractivity contribution is 7.89. The maximum Gasteiger partial charge on any atom is 0.214 e. The van der Waals surface area contributed by atoms with Crippen LogP contribution < -0.4 is 0 Å². The van der Waals surface area contributed by atoms with Crippen molar-refractivity contribution in [1.29, 1.82) is 0 Å². The molecule has 0 bridgehead atoms. The molecule has 0 saturated carbocycles. The van der Waals surface area contributed by atoms with Crippen LogP contribution in [-0.4, -0.2) is 47.8 Å². The fraction of sp³-hybridized carbons (Fsp3) is 0.643. The van der Waals surface area contributed by atoms with Gasteiger partial charge in [-0.1, -0.05) is 12.8 Å². The molecule has 112 valence electrons. The second-order valence-electron chi connectivity index (χ2n) is 5.22.